The molecule has 1 aromatic heterocycles. The third kappa shape index (κ3) is 4.10. The standard InChI is InChI=1S/C19H25N3O2/c1-6-8-16(23)13-9-7-10-14(11-13)20-18(24)15-12-17(19(2,3)4)21-22(15)5/h7,9-12H,6,8H2,1-5H3,(H,20,24). The average molecular weight is 327 g/mol. The normalized spacial score (nSPS) is 11.4. The highest BCUT2D eigenvalue weighted by Gasteiger charge is 2.21. The van der Waals surface area contributed by atoms with Crippen LogP contribution in [0.2, 0.25) is 0 Å². The van der Waals surface area contributed by atoms with Gasteiger partial charge < -0.3 is 5.32 Å². The van der Waals surface area contributed by atoms with E-state index in [1.54, 1.807) is 42.1 Å². The molecule has 0 saturated heterocycles. The number of carbonyl (C=O) groups is 2. The number of hydrogen-bond acceptors (Lipinski definition) is 3. The molecule has 0 aliphatic rings. The molecular formula is C19H25N3O2. The van der Waals surface area contributed by atoms with Crippen LogP contribution >= 0.6 is 0 Å². The Morgan fingerprint density at radius 2 is 1.92 bits per heavy atom. The van der Waals surface area contributed by atoms with Crippen molar-refractivity contribution in [2.75, 3.05) is 5.32 Å². The Morgan fingerprint density at radius 1 is 1.21 bits per heavy atom. The number of Topliss-reactive ketones (excluding diaryl/α,β-unsaturated/α-hetero) is 1. The number of aryl methyl sites for hydroxylation is 1. The lowest BCUT2D eigenvalue weighted by Gasteiger charge is -2.13. The van der Waals surface area contributed by atoms with Gasteiger partial charge in [-0.3, -0.25) is 14.3 Å². The van der Waals surface area contributed by atoms with E-state index in [1.807, 2.05) is 6.92 Å². The van der Waals surface area contributed by atoms with Crippen LogP contribution in [0.15, 0.2) is 30.3 Å². The molecule has 2 aromatic rings. The monoisotopic (exact) mass is 327 g/mol. The molecule has 1 N–H and O–H groups in total. The number of carbonyl (C=O) groups excluding carboxylic acids is 2. The van der Waals surface area contributed by atoms with Gasteiger partial charge in [-0.1, -0.05) is 39.8 Å². The molecule has 128 valence electrons. The predicted octanol–water partition coefficient (Wildman–Crippen LogP) is 3.95. The van der Waals surface area contributed by atoms with Crippen LogP contribution in [-0.2, 0) is 12.5 Å². The van der Waals surface area contributed by atoms with E-state index in [0.29, 0.717) is 23.4 Å². The van der Waals surface area contributed by atoms with E-state index in [-0.39, 0.29) is 17.1 Å². The van der Waals surface area contributed by atoms with Crippen molar-refractivity contribution >= 4 is 17.4 Å². The second-order valence-electron chi connectivity index (χ2n) is 7.00. The summed E-state index contributed by atoms with van der Waals surface area (Å²) in [6.45, 7) is 8.14. The van der Waals surface area contributed by atoms with E-state index in [2.05, 4.69) is 31.2 Å². The molecule has 1 amide bonds. The van der Waals surface area contributed by atoms with Crippen LogP contribution in [0, 0.1) is 0 Å². The number of aromatic nitrogens is 2. The third-order valence-corrected chi connectivity index (χ3v) is 3.80. The van der Waals surface area contributed by atoms with Crippen LogP contribution in [0.4, 0.5) is 5.69 Å². The molecule has 0 aliphatic heterocycles. The first-order valence-electron chi connectivity index (χ1n) is 8.21. The van der Waals surface area contributed by atoms with Crippen LogP contribution in [0.3, 0.4) is 0 Å². The lowest BCUT2D eigenvalue weighted by molar-refractivity contribution is 0.0978. The van der Waals surface area contributed by atoms with Gasteiger partial charge in [0.25, 0.3) is 5.91 Å². The minimum absolute atomic E-state index is 0.0872. The Bertz CT molecular complexity index is 754. The highest BCUT2D eigenvalue weighted by molar-refractivity contribution is 6.04. The first-order chi connectivity index (χ1) is 11.2. The van der Waals surface area contributed by atoms with E-state index in [4.69, 9.17) is 0 Å². The van der Waals surface area contributed by atoms with Gasteiger partial charge in [0.1, 0.15) is 5.69 Å². The third-order valence-electron chi connectivity index (χ3n) is 3.80. The zero-order valence-corrected chi connectivity index (χ0v) is 15.0. The first-order valence-corrected chi connectivity index (χ1v) is 8.21. The van der Waals surface area contributed by atoms with Gasteiger partial charge >= 0.3 is 0 Å². The summed E-state index contributed by atoms with van der Waals surface area (Å²) in [4.78, 5) is 24.5. The maximum atomic E-state index is 12.5. The summed E-state index contributed by atoms with van der Waals surface area (Å²) < 4.78 is 1.59. The summed E-state index contributed by atoms with van der Waals surface area (Å²) in [5.41, 5.74) is 2.46. The molecule has 0 aliphatic carbocycles. The number of rotatable bonds is 5. The van der Waals surface area contributed by atoms with Crippen molar-refractivity contribution in [3.05, 3.63) is 47.3 Å². The topological polar surface area (TPSA) is 64.0 Å². The first kappa shape index (κ1) is 17.9. The lowest BCUT2D eigenvalue weighted by atomic mass is 9.92. The molecule has 0 spiro atoms. The molecule has 0 radical (unpaired) electrons. The van der Waals surface area contributed by atoms with Crippen LogP contribution in [-0.4, -0.2) is 21.5 Å². The summed E-state index contributed by atoms with van der Waals surface area (Å²) in [5.74, 6) is -0.148. The van der Waals surface area contributed by atoms with Crippen LogP contribution in [0.5, 0.6) is 0 Å². The fourth-order valence-corrected chi connectivity index (χ4v) is 2.38. The van der Waals surface area contributed by atoms with Gasteiger partial charge in [0.15, 0.2) is 5.78 Å². The van der Waals surface area contributed by atoms with Gasteiger partial charge in [0, 0.05) is 30.1 Å². The lowest BCUT2D eigenvalue weighted by Crippen LogP contribution is -2.16. The number of amides is 1. The minimum Gasteiger partial charge on any atom is -0.321 e. The van der Waals surface area contributed by atoms with Crippen molar-refractivity contribution in [2.45, 2.75) is 46.0 Å². The van der Waals surface area contributed by atoms with Crippen molar-refractivity contribution in [1.82, 2.24) is 9.78 Å². The Kier molecular flexibility index (Phi) is 5.22. The molecule has 0 bridgehead atoms. The Hall–Kier alpha value is -2.43. The second kappa shape index (κ2) is 6.99. The van der Waals surface area contributed by atoms with Crippen LogP contribution in [0.1, 0.15) is 67.1 Å². The van der Waals surface area contributed by atoms with Crippen molar-refractivity contribution in [2.24, 2.45) is 7.05 Å². The zero-order valence-electron chi connectivity index (χ0n) is 15.0. The SMILES string of the molecule is CCCC(=O)c1cccc(NC(=O)c2cc(C(C)(C)C)nn2C)c1. The van der Waals surface area contributed by atoms with E-state index in [0.717, 1.165) is 12.1 Å². The van der Waals surface area contributed by atoms with Crippen LogP contribution in [0.25, 0.3) is 0 Å². The van der Waals surface area contributed by atoms with Gasteiger partial charge in [0.05, 0.1) is 5.69 Å². The summed E-state index contributed by atoms with van der Waals surface area (Å²) in [6, 6.07) is 8.86. The molecule has 0 atom stereocenters. The van der Waals surface area contributed by atoms with E-state index >= 15 is 0 Å². The van der Waals surface area contributed by atoms with Gasteiger partial charge in [0.2, 0.25) is 0 Å². The molecule has 5 nitrogen and oxygen atoms in total. The summed E-state index contributed by atoms with van der Waals surface area (Å²) in [5, 5.41) is 7.27. The molecule has 2 rings (SSSR count). The summed E-state index contributed by atoms with van der Waals surface area (Å²) in [6.07, 6.45) is 1.31. The van der Waals surface area contributed by atoms with E-state index in [1.165, 1.54) is 0 Å². The number of anilines is 1. The van der Waals surface area contributed by atoms with E-state index < -0.39 is 0 Å². The molecular weight excluding hydrogens is 302 g/mol. The highest BCUT2D eigenvalue weighted by atomic mass is 16.2. The number of nitrogens with zero attached hydrogens (tertiary/aromatic N) is 2. The fraction of sp³-hybridized carbons (Fsp3) is 0.421. The molecule has 24 heavy (non-hydrogen) atoms. The van der Waals surface area contributed by atoms with Crippen molar-refractivity contribution in [1.29, 1.82) is 0 Å². The van der Waals surface area contributed by atoms with Crippen molar-refractivity contribution < 1.29 is 9.59 Å². The molecule has 1 heterocycles. The molecule has 0 saturated carbocycles. The molecule has 5 heteroatoms. The molecule has 1 aromatic carbocycles. The van der Waals surface area contributed by atoms with E-state index in [9.17, 15) is 9.59 Å². The van der Waals surface area contributed by atoms with Gasteiger partial charge in [-0.15, -0.1) is 0 Å². The maximum Gasteiger partial charge on any atom is 0.273 e. The predicted molar refractivity (Wildman–Crippen MR) is 95.5 cm³/mol. The van der Waals surface area contributed by atoms with Gasteiger partial charge in [-0.2, -0.15) is 5.10 Å². The Morgan fingerprint density at radius 3 is 2.50 bits per heavy atom. The summed E-state index contributed by atoms with van der Waals surface area (Å²) >= 11 is 0. The van der Waals surface area contributed by atoms with Gasteiger partial charge in [-0.05, 0) is 24.6 Å². The highest BCUT2D eigenvalue weighted by Crippen LogP contribution is 2.22. The van der Waals surface area contributed by atoms with Crippen LogP contribution < -0.4 is 5.32 Å². The minimum atomic E-state index is -0.236. The van der Waals surface area contributed by atoms with Crippen molar-refractivity contribution in [3.8, 4) is 0 Å². The maximum absolute atomic E-state index is 12.5. The largest absolute Gasteiger partial charge is 0.321 e. The Balaban J connectivity index is 2.20. The average Bonchev–Trinajstić information content (AvgIpc) is 2.90. The molecule has 0 fully saturated rings. The smallest absolute Gasteiger partial charge is 0.273 e. The fourth-order valence-electron chi connectivity index (χ4n) is 2.38. The summed E-state index contributed by atoms with van der Waals surface area (Å²) in [7, 11) is 1.76. The zero-order chi connectivity index (χ0) is 17.9. The number of benzene rings is 1. The quantitative estimate of drug-likeness (QED) is 0.846. The second-order valence-corrected chi connectivity index (χ2v) is 7.00. The number of nitrogens with one attached hydrogen (secondary N) is 1. The molecule has 0 unspecified atom stereocenters. The van der Waals surface area contributed by atoms with Gasteiger partial charge in [-0.25, -0.2) is 0 Å². The number of ketones is 1. The number of hydrogen-bond donors (Lipinski definition) is 1. The van der Waals surface area contributed by atoms with Crippen molar-refractivity contribution in [3.63, 3.8) is 0 Å². The Labute approximate surface area is 143 Å².